The Morgan fingerprint density at radius 3 is 1.14 bits per heavy atom. The smallest absolute Gasteiger partial charge is 0.239 e. The van der Waals surface area contributed by atoms with Crippen LogP contribution in [0.15, 0.2) is 188 Å². The van der Waals surface area contributed by atoms with Crippen molar-refractivity contribution in [1.82, 2.24) is 15.0 Å². The lowest BCUT2D eigenvalue weighted by atomic mass is 10.1. The quantitative estimate of drug-likeness (QED) is 0.171. The number of hydrogen-bond donors (Lipinski definition) is 0. The van der Waals surface area contributed by atoms with Gasteiger partial charge in [0.2, 0.25) is 5.95 Å². The number of rotatable bonds is 5. The van der Waals surface area contributed by atoms with Crippen LogP contribution in [-0.4, -0.2) is 15.0 Å². The fraction of sp³-hybridized carbons (Fsp3) is 0. The van der Waals surface area contributed by atoms with Gasteiger partial charge in [0, 0.05) is 54.2 Å². The molecule has 0 atom stereocenters. The fourth-order valence-corrected chi connectivity index (χ4v) is 8.62. The molecule has 0 fully saturated rings. The molecule has 0 saturated carbocycles. The van der Waals surface area contributed by atoms with Crippen LogP contribution in [0.3, 0.4) is 0 Å². The largest absolute Gasteiger partial charge is 0.456 e. The predicted octanol–water partition coefficient (Wildman–Crippen LogP) is 14.3. The van der Waals surface area contributed by atoms with Crippen LogP contribution in [0.25, 0.3) is 111 Å². The molecule has 0 N–H and O–H groups in total. The van der Waals surface area contributed by atoms with Crippen molar-refractivity contribution in [3.63, 3.8) is 0 Å². The van der Waals surface area contributed by atoms with Crippen LogP contribution in [0.1, 0.15) is 0 Å². The van der Waals surface area contributed by atoms with Crippen molar-refractivity contribution >= 4 is 105 Å². The molecule has 276 valence electrons. The van der Waals surface area contributed by atoms with Crippen LogP contribution in [0.2, 0.25) is 0 Å². The molecule has 5 aromatic heterocycles. The summed E-state index contributed by atoms with van der Waals surface area (Å²) in [6.45, 7) is 0. The molecule has 8 aromatic carbocycles. The summed E-state index contributed by atoms with van der Waals surface area (Å²) in [5.74, 6) is 1.38. The highest BCUT2D eigenvalue weighted by Gasteiger charge is 2.27. The third kappa shape index (κ3) is 4.80. The Balaban J connectivity index is 1.12. The third-order valence-corrected chi connectivity index (χ3v) is 11.3. The number of hydrogen-bond acceptors (Lipinski definition) is 8. The molecule has 0 unspecified atom stereocenters. The minimum absolute atomic E-state index is 0.389. The molecule has 0 amide bonds. The number of aromatic nitrogens is 3. The normalized spacial score (nSPS) is 12.1. The van der Waals surface area contributed by atoms with Crippen LogP contribution in [0.4, 0.5) is 17.3 Å². The van der Waals surface area contributed by atoms with Gasteiger partial charge < -0.3 is 17.7 Å². The van der Waals surface area contributed by atoms with Crippen LogP contribution in [0.5, 0.6) is 0 Å². The number of furan rings is 4. The second kappa shape index (κ2) is 12.1. The summed E-state index contributed by atoms with van der Waals surface area (Å²) < 4.78 is 25.9. The van der Waals surface area contributed by atoms with E-state index in [0.29, 0.717) is 28.8 Å². The van der Waals surface area contributed by atoms with E-state index in [2.05, 4.69) is 48.5 Å². The van der Waals surface area contributed by atoms with E-state index >= 15 is 0 Å². The molecule has 0 saturated heterocycles. The number of para-hydroxylation sites is 6. The first-order valence-electron chi connectivity index (χ1n) is 19.4. The molecule has 0 radical (unpaired) electrons. The summed E-state index contributed by atoms with van der Waals surface area (Å²) >= 11 is 0. The first kappa shape index (κ1) is 31.9. The van der Waals surface area contributed by atoms with E-state index < -0.39 is 0 Å². The highest BCUT2D eigenvalue weighted by atomic mass is 16.3. The molecule has 0 aliphatic heterocycles. The second-order valence-corrected chi connectivity index (χ2v) is 14.7. The summed E-state index contributed by atoms with van der Waals surface area (Å²) in [5.41, 5.74) is 9.32. The SMILES string of the molecule is c1ccc2c(c1)oc1ccc(-c3nc(-c4ccc5oc6ccccc6c5c4)nc(N(c4cccc5c4oc4ccccc45)c4cccc5c4oc4ccccc45)n3)cc12. The van der Waals surface area contributed by atoms with Crippen molar-refractivity contribution in [2.75, 3.05) is 4.90 Å². The van der Waals surface area contributed by atoms with Gasteiger partial charge in [-0.15, -0.1) is 0 Å². The Kier molecular flexibility index (Phi) is 6.56. The highest BCUT2D eigenvalue weighted by Crippen LogP contribution is 2.46. The molecule has 59 heavy (non-hydrogen) atoms. The highest BCUT2D eigenvalue weighted by molar-refractivity contribution is 6.14. The maximum absolute atomic E-state index is 6.70. The third-order valence-electron chi connectivity index (χ3n) is 11.3. The average molecular weight is 761 g/mol. The molecule has 5 heterocycles. The summed E-state index contributed by atoms with van der Waals surface area (Å²) in [7, 11) is 0. The fourth-order valence-electron chi connectivity index (χ4n) is 8.62. The lowest BCUT2D eigenvalue weighted by Gasteiger charge is -2.24. The molecular weight excluding hydrogens is 733 g/mol. The van der Waals surface area contributed by atoms with Gasteiger partial charge >= 0.3 is 0 Å². The van der Waals surface area contributed by atoms with Gasteiger partial charge in [0.05, 0.1) is 11.4 Å². The zero-order chi connectivity index (χ0) is 38.6. The molecule has 13 rings (SSSR count). The van der Waals surface area contributed by atoms with Gasteiger partial charge in [-0.05, 0) is 72.8 Å². The Morgan fingerprint density at radius 1 is 0.305 bits per heavy atom. The Labute approximate surface area is 334 Å². The van der Waals surface area contributed by atoms with E-state index in [-0.39, 0.29) is 0 Å². The van der Waals surface area contributed by atoms with Crippen molar-refractivity contribution < 1.29 is 17.7 Å². The molecule has 8 heteroatoms. The number of anilines is 3. The Hall–Kier alpha value is -8.23. The van der Waals surface area contributed by atoms with Gasteiger partial charge in [0.25, 0.3) is 0 Å². The second-order valence-electron chi connectivity index (χ2n) is 14.7. The minimum Gasteiger partial charge on any atom is -0.456 e. The Bertz CT molecular complexity index is 3590. The predicted molar refractivity (Wildman–Crippen MR) is 234 cm³/mol. The number of nitrogens with zero attached hydrogens (tertiary/aromatic N) is 4. The summed E-state index contributed by atoms with van der Waals surface area (Å²) in [6.07, 6.45) is 0. The standard InChI is InChI=1S/C51H28N4O4/c1-7-21-43-31(11-1)35-15-9-17-39(47(35)58-43)55(40-18-10-16-36-32-12-2-8-22-44(32)59-48(36)40)51-53-49(29-23-25-45-37(27-29)33-13-3-5-19-41(33)56-45)52-50(54-51)30-24-26-46-38(28-30)34-14-4-6-20-42(34)57-46/h1-28H. The molecular formula is C51H28N4O4. The van der Waals surface area contributed by atoms with E-state index in [1.54, 1.807) is 0 Å². The molecule has 0 spiro atoms. The van der Waals surface area contributed by atoms with Gasteiger partial charge in [0.15, 0.2) is 22.8 Å². The van der Waals surface area contributed by atoms with Crippen LogP contribution in [-0.2, 0) is 0 Å². The van der Waals surface area contributed by atoms with Gasteiger partial charge in [-0.1, -0.05) is 97.1 Å². The lowest BCUT2D eigenvalue weighted by molar-refractivity contribution is 0.665. The first-order chi connectivity index (χ1) is 29.2. The number of fused-ring (bicyclic) bond motifs is 12. The van der Waals surface area contributed by atoms with Gasteiger partial charge in [-0.25, -0.2) is 4.98 Å². The molecule has 0 aliphatic rings. The van der Waals surface area contributed by atoms with Gasteiger partial charge in [-0.3, -0.25) is 4.90 Å². The molecule has 0 bridgehead atoms. The van der Waals surface area contributed by atoms with Crippen molar-refractivity contribution in [2.45, 2.75) is 0 Å². The minimum atomic E-state index is 0.389. The lowest BCUT2D eigenvalue weighted by Crippen LogP contribution is -2.15. The molecule has 0 aliphatic carbocycles. The zero-order valence-electron chi connectivity index (χ0n) is 31.1. The topological polar surface area (TPSA) is 94.5 Å². The summed E-state index contributed by atoms with van der Waals surface area (Å²) in [6, 6.07) is 56.8. The van der Waals surface area contributed by atoms with Crippen molar-refractivity contribution in [3.05, 3.63) is 170 Å². The van der Waals surface area contributed by atoms with Crippen LogP contribution >= 0.6 is 0 Å². The van der Waals surface area contributed by atoms with Crippen molar-refractivity contribution in [1.29, 1.82) is 0 Å². The van der Waals surface area contributed by atoms with Crippen molar-refractivity contribution in [3.8, 4) is 22.8 Å². The van der Waals surface area contributed by atoms with E-state index in [0.717, 1.165) is 99.1 Å². The maximum Gasteiger partial charge on any atom is 0.239 e. The zero-order valence-corrected chi connectivity index (χ0v) is 31.1. The summed E-state index contributed by atoms with van der Waals surface area (Å²) in [5, 5.41) is 7.98. The van der Waals surface area contributed by atoms with Crippen LogP contribution < -0.4 is 4.90 Å². The van der Waals surface area contributed by atoms with Crippen LogP contribution in [0, 0.1) is 0 Å². The number of benzene rings is 8. The summed E-state index contributed by atoms with van der Waals surface area (Å²) in [4.78, 5) is 18.0. The molecule has 13 aromatic rings. The van der Waals surface area contributed by atoms with E-state index in [1.165, 1.54) is 0 Å². The van der Waals surface area contributed by atoms with E-state index in [9.17, 15) is 0 Å². The van der Waals surface area contributed by atoms with E-state index in [1.807, 2.05) is 126 Å². The first-order valence-corrected chi connectivity index (χ1v) is 19.4. The van der Waals surface area contributed by atoms with E-state index in [4.69, 9.17) is 32.6 Å². The molecule has 8 nitrogen and oxygen atoms in total. The average Bonchev–Trinajstić information content (AvgIpc) is 4.06. The Morgan fingerprint density at radius 2 is 0.678 bits per heavy atom. The monoisotopic (exact) mass is 760 g/mol. The van der Waals surface area contributed by atoms with Crippen molar-refractivity contribution in [2.24, 2.45) is 0 Å². The van der Waals surface area contributed by atoms with Gasteiger partial charge in [0.1, 0.15) is 33.5 Å². The van der Waals surface area contributed by atoms with Gasteiger partial charge in [-0.2, -0.15) is 9.97 Å². The maximum atomic E-state index is 6.70.